The predicted octanol–water partition coefficient (Wildman–Crippen LogP) is 2.64. The Balaban J connectivity index is 1.26. The second-order valence-electron chi connectivity index (χ2n) is 10.7. The maximum Gasteiger partial charge on any atom is 0.254 e. The van der Waals surface area contributed by atoms with Crippen LogP contribution in [0.2, 0.25) is 0 Å². The molecule has 31 heavy (non-hydrogen) atoms. The maximum absolute atomic E-state index is 13.5. The number of amides is 1. The zero-order chi connectivity index (χ0) is 21.0. The highest BCUT2D eigenvalue weighted by Crippen LogP contribution is 2.60. The summed E-state index contributed by atoms with van der Waals surface area (Å²) in [5.41, 5.74) is 1.15. The minimum absolute atomic E-state index is 0.0120. The van der Waals surface area contributed by atoms with Gasteiger partial charge in [-0.1, -0.05) is 19.3 Å². The molecule has 6 fully saturated rings. The largest absolute Gasteiger partial charge is 0.390 e. The fourth-order valence-electron chi connectivity index (χ4n) is 7.37. The number of hydrogen-bond acceptors (Lipinski definition) is 6. The van der Waals surface area contributed by atoms with Crippen molar-refractivity contribution in [2.45, 2.75) is 75.3 Å². The zero-order valence-corrected chi connectivity index (χ0v) is 18.3. The van der Waals surface area contributed by atoms with Gasteiger partial charge in [0.2, 0.25) is 5.95 Å². The van der Waals surface area contributed by atoms with E-state index in [4.69, 9.17) is 9.72 Å². The number of nitrogens with one attached hydrogen (secondary N) is 1. The van der Waals surface area contributed by atoms with E-state index in [9.17, 15) is 9.90 Å². The number of anilines is 1. The van der Waals surface area contributed by atoms with E-state index >= 15 is 0 Å². The van der Waals surface area contributed by atoms with E-state index in [2.05, 4.69) is 15.2 Å². The molecule has 6 aliphatic rings. The fourth-order valence-corrected chi connectivity index (χ4v) is 7.37. The Morgan fingerprint density at radius 1 is 1.13 bits per heavy atom. The van der Waals surface area contributed by atoms with E-state index in [1.807, 2.05) is 0 Å². The number of carbonyl (C=O) groups is 1. The summed E-state index contributed by atoms with van der Waals surface area (Å²) in [6.07, 6.45) is 11.4. The Labute approximate surface area is 184 Å². The van der Waals surface area contributed by atoms with Gasteiger partial charge in [0.25, 0.3) is 5.91 Å². The molecule has 2 heterocycles. The van der Waals surface area contributed by atoms with Gasteiger partial charge in [0.1, 0.15) is 0 Å². The minimum atomic E-state index is -0.463. The molecule has 2 N–H and O–H groups in total. The first-order chi connectivity index (χ1) is 15.1. The van der Waals surface area contributed by atoms with Crippen LogP contribution in [0.15, 0.2) is 6.20 Å². The van der Waals surface area contributed by atoms with Crippen LogP contribution in [0.1, 0.15) is 79.8 Å². The van der Waals surface area contributed by atoms with Crippen molar-refractivity contribution in [1.82, 2.24) is 15.3 Å². The molecule has 5 aliphatic carbocycles. The fraction of sp³-hybridized carbons (Fsp3) is 0.792. The second-order valence-corrected chi connectivity index (χ2v) is 10.7. The van der Waals surface area contributed by atoms with Gasteiger partial charge in [-0.25, -0.2) is 9.97 Å². The van der Waals surface area contributed by atoms with Gasteiger partial charge in [-0.05, 0) is 56.3 Å². The summed E-state index contributed by atoms with van der Waals surface area (Å²) in [6.45, 7) is 2.99. The van der Waals surface area contributed by atoms with Crippen molar-refractivity contribution in [2.75, 3.05) is 31.2 Å². The molecule has 1 aromatic rings. The highest BCUT2D eigenvalue weighted by molar-refractivity contribution is 5.95. The third kappa shape index (κ3) is 3.54. The van der Waals surface area contributed by atoms with Gasteiger partial charge in [-0.2, -0.15) is 0 Å². The molecule has 1 unspecified atom stereocenters. The predicted molar refractivity (Wildman–Crippen MR) is 116 cm³/mol. The third-order valence-electron chi connectivity index (χ3n) is 8.71. The molecule has 1 saturated heterocycles. The van der Waals surface area contributed by atoms with Gasteiger partial charge in [0.15, 0.2) is 0 Å². The van der Waals surface area contributed by atoms with Gasteiger partial charge in [0, 0.05) is 31.2 Å². The molecule has 5 saturated carbocycles. The Hall–Kier alpha value is -1.73. The van der Waals surface area contributed by atoms with E-state index in [0.717, 1.165) is 63.3 Å². The highest BCUT2D eigenvalue weighted by atomic mass is 16.5. The molecule has 5 atom stereocenters. The topological polar surface area (TPSA) is 87.6 Å². The van der Waals surface area contributed by atoms with E-state index in [1.54, 1.807) is 6.20 Å². The van der Waals surface area contributed by atoms with Crippen LogP contribution in [0.25, 0.3) is 0 Å². The van der Waals surface area contributed by atoms with Crippen LogP contribution in [-0.2, 0) is 4.74 Å². The molecule has 7 heteroatoms. The first-order valence-corrected chi connectivity index (χ1v) is 12.3. The summed E-state index contributed by atoms with van der Waals surface area (Å²) >= 11 is 0. The SMILES string of the molecule is O=C(N[C@@H]1[C@@H]2CC3C[C@@](O)(C2)C[C@H]31)c1cnc(N2CCOCC2)nc1C1CCCCC1. The summed E-state index contributed by atoms with van der Waals surface area (Å²) in [7, 11) is 0. The van der Waals surface area contributed by atoms with Gasteiger partial charge in [-0.15, -0.1) is 0 Å². The summed E-state index contributed by atoms with van der Waals surface area (Å²) in [5.74, 6) is 2.49. The van der Waals surface area contributed by atoms with Gasteiger partial charge in [0.05, 0.1) is 30.1 Å². The van der Waals surface area contributed by atoms with E-state index in [1.165, 1.54) is 19.3 Å². The number of morpholine rings is 1. The lowest BCUT2D eigenvalue weighted by molar-refractivity contribution is -0.0192. The van der Waals surface area contributed by atoms with Crippen molar-refractivity contribution in [3.63, 3.8) is 0 Å². The second kappa shape index (κ2) is 7.69. The van der Waals surface area contributed by atoms with E-state index in [0.29, 0.717) is 42.4 Å². The molecule has 7 nitrogen and oxygen atoms in total. The van der Waals surface area contributed by atoms with Crippen LogP contribution < -0.4 is 10.2 Å². The molecular formula is C24H34N4O3. The average molecular weight is 427 g/mol. The first kappa shape index (κ1) is 19.9. The first-order valence-electron chi connectivity index (χ1n) is 12.3. The molecule has 168 valence electrons. The normalized spacial score (nSPS) is 37.4. The van der Waals surface area contributed by atoms with E-state index < -0.39 is 5.60 Å². The lowest BCUT2D eigenvalue weighted by atomic mass is 9.76. The number of ether oxygens (including phenoxy) is 1. The number of carbonyl (C=O) groups excluding carboxylic acids is 1. The zero-order valence-electron chi connectivity index (χ0n) is 18.3. The van der Waals surface area contributed by atoms with Gasteiger partial charge >= 0.3 is 0 Å². The van der Waals surface area contributed by atoms with Crippen molar-refractivity contribution < 1.29 is 14.6 Å². The summed E-state index contributed by atoms with van der Waals surface area (Å²) < 4.78 is 5.48. The molecule has 0 aromatic carbocycles. The van der Waals surface area contributed by atoms with Crippen LogP contribution in [0, 0.1) is 17.8 Å². The van der Waals surface area contributed by atoms with Crippen molar-refractivity contribution in [3.05, 3.63) is 17.5 Å². The molecule has 1 aromatic heterocycles. The Morgan fingerprint density at radius 3 is 2.68 bits per heavy atom. The standard InChI is InChI=1S/C24H34N4O3/c29-22(26-21-17-10-16-11-24(30,12-17)13-18(16)21)19-14-25-23(28-6-8-31-9-7-28)27-20(19)15-4-2-1-3-5-15/h14-18,21,30H,1-13H2,(H,26,29)/t16?,17-,18-,21-,24-/m1/s1. The smallest absolute Gasteiger partial charge is 0.254 e. The van der Waals surface area contributed by atoms with Crippen LogP contribution in [-0.4, -0.2) is 58.9 Å². The van der Waals surface area contributed by atoms with Gasteiger partial charge in [-0.3, -0.25) is 4.79 Å². The van der Waals surface area contributed by atoms with Crippen LogP contribution in [0.4, 0.5) is 5.95 Å². The van der Waals surface area contributed by atoms with E-state index in [-0.39, 0.29) is 11.9 Å². The van der Waals surface area contributed by atoms with Crippen LogP contribution in [0.3, 0.4) is 0 Å². The number of rotatable bonds is 4. The van der Waals surface area contributed by atoms with Crippen LogP contribution in [0.5, 0.6) is 0 Å². The van der Waals surface area contributed by atoms with Crippen molar-refractivity contribution in [1.29, 1.82) is 0 Å². The number of aromatic nitrogens is 2. The van der Waals surface area contributed by atoms with Gasteiger partial charge < -0.3 is 20.1 Å². The number of hydrogen-bond donors (Lipinski definition) is 2. The number of nitrogens with zero attached hydrogens (tertiary/aromatic N) is 3. The highest BCUT2D eigenvalue weighted by Gasteiger charge is 2.60. The maximum atomic E-state index is 13.5. The summed E-state index contributed by atoms with van der Waals surface area (Å²) in [6, 6.07) is 0.193. The average Bonchev–Trinajstić information content (AvgIpc) is 3.18. The van der Waals surface area contributed by atoms with Crippen molar-refractivity contribution in [2.24, 2.45) is 17.8 Å². The molecule has 4 bridgehead atoms. The molecule has 1 amide bonds. The number of aliphatic hydroxyl groups is 1. The molecule has 0 radical (unpaired) electrons. The van der Waals surface area contributed by atoms with Crippen molar-refractivity contribution in [3.8, 4) is 0 Å². The van der Waals surface area contributed by atoms with Crippen molar-refractivity contribution >= 4 is 11.9 Å². The molecule has 1 aliphatic heterocycles. The Bertz CT molecular complexity index is 847. The summed E-state index contributed by atoms with van der Waals surface area (Å²) in [5, 5.41) is 14.1. The van der Waals surface area contributed by atoms with Crippen LogP contribution >= 0.6 is 0 Å². The quantitative estimate of drug-likeness (QED) is 0.770. The Morgan fingerprint density at radius 2 is 1.90 bits per heavy atom. The third-order valence-corrected chi connectivity index (χ3v) is 8.71. The molecule has 7 rings (SSSR count). The lowest BCUT2D eigenvalue weighted by Crippen LogP contribution is -2.48. The summed E-state index contributed by atoms with van der Waals surface area (Å²) in [4.78, 5) is 25.3. The molecular weight excluding hydrogens is 392 g/mol. The monoisotopic (exact) mass is 426 g/mol. The minimum Gasteiger partial charge on any atom is -0.390 e. The Kier molecular flexibility index (Phi) is 4.94. The molecule has 0 spiro atoms. The lowest BCUT2D eigenvalue weighted by Gasteiger charge is -2.38.